The van der Waals surface area contributed by atoms with Crippen molar-refractivity contribution in [3.63, 3.8) is 0 Å². The minimum Gasteiger partial charge on any atom is -0.321 e. The first-order valence-electron chi connectivity index (χ1n) is 7.04. The Bertz CT molecular complexity index is 740. The number of rotatable bonds is 2. The molecule has 2 heterocycles. The van der Waals surface area contributed by atoms with Gasteiger partial charge in [0.1, 0.15) is 0 Å². The summed E-state index contributed by atoms with van der Waals surface area (Å²) in [7, 11) is -3.46. The van der Waals surface area contributed by atoms with Crippen molar-refractivity contribution in [3.8, 4) is 0 Å². The highest BCUT2D eigenvalue weighted by molar-refractivity contribution is 7.89. The molecule has 6 heteroatoms. The van der Waals surface area contributed by atoms with Crippen molar-refractivity contribution in [1.29, 1.82) is 0 Å². The van der Waals surface area contributed by atoms with Gasteiger partial charge in [0.25, 0.3) is 5.91 Å². The van der Waals surface area contributed by atoms with E-state index in [4.69, 9.17) is 0 Å². The number of carbonyl (C=O) groups is 1. The van der Waals surface area contributed by atoms with Crippen LogP contribution >= 0.6 is 0 Å². The van der Waals surface area contributed by atoms with E-state index in [1.165, 1.54) is 4.31 Å². The zero-order valence-corrected chi connectivity index (χ0v) is 13.0. The normalized spacial score (nSPS) is 18.8. The molecule has 0 bridgehead atoms. The Morgan fingerprint density at radius 3 is 2.48 bits per heavy atom. The Hall–Kier alpha value is -1.66. The van der Waals surface area contributed by atoms with E-state index in [0.29, 0.717) is 29.9 Å². The first-order chi connectivity index (χ1) is 9.91. The largest absolute Gasteiger partial charge is 0.321 e. The Labute approximate surface area is 124 Å². The van der Waals surface area contributed by atoms with Crippen molar-refractivity contribution in [1.82, 2.24) is 4.31 Å². The van der Waals surface area contributed by atoms with Crippen LogP contribution in [0.15, 0.2) is 28.7 Å². The van der Waals surface area contributed by atoms with Crippen LogP contribution in [0, 0.1) is 0 Å². The molecule has 0 aromatic heterocycles. The number of anilines is 1. The molecular weight excluding hydrogens is 288 g/mol. The van der Waals surface area contributed by atoms with Gasteiger partial charge in [0.2, 0.25) is 10.0 Å². The molecule has 0 atom stereocenters. The molecule has 1 amide bonds. The second-order valence-corrected chi connectivity index (χ2v) is 7.59. The van der Waals surface area contributed by atoms with E-state index < -0.39 is 10.0 Å². The van der Waals surface area contributed by atoms with Crippen LogP contribution < -0.4 is 5.32 Å². The number of benzene rings is 1. The van der Waals surface area contributed by atoms with Crippen LogP contribution in [0.25, 0.3) is 5.57 Å². The van der Waals surface area contributed by atoms with Crippen molar-refractivity contribution in [2.45, 2.75) is 31.6 Å². The van der Waals surface area contributed by atoms with E-state index in [1.54, 1.807) is 18.2 Å². The van der Waals surface area contributed by atoms with E-state index in [1.807, 2.05) is 13.8 Å². The Balaban J connectivity index is 2.09. The van der Waals surface area contributed by atoms with E-state index >= 15 is 0 Å². The molecule has 3 rings (SSSR count). The second-order valence-electron chi connectivity index (χ2n) is 5.65. The number of nitrogens with zero attached hydrogens (tertiary/aromatic N) is 1. The number of hydrogen-bond acceptors (Lipinski definition) is 3. The highest BCUT2D eigenvalue weighted by Gasteiger charge is 2.31. The Morgan fingerprint density at radius 1 is 1.19 bits per heavy atom. The van der Waals surface area contributed by atoms with E-state index in [9.17, 15) is 13.2 Å². The summed E-state index contributed by atoms with van der Waals surface area (Å²) in [5.41, 5.74) is 2.81. The molecule has 1 aromatic rings. The fraction of sp³-hybridized carbons (Fsp3) is 0.400. The molecule has 0 unspecified atom stereocenters. The zero-order valence-electron chi connectivity index (χ0n) is 12.1. The van der Waals surface area contributed by atoms with Crippen molar-refractivity contribution in [2.24, 2.45) is 0 Å². The number of amides is 1. The third-order valence-corrected chi connectivity index (χ3v) is 5.83. The summed E-state index contributed by atoms with van der Waals surface area (Å²) in [4.78, 5) is 12.2. The van der Waals surface area contributed by atoms with Crippen LogP contribution in [0.1, 0.15) is 32.3 Å². The molecule has 0 radical (unpaired) electrons. The second kappa shape index (κ2) is 4.96. The Kier molecular flexibility index (Phi) is 3.37. The van der Waals surface area contributed by atoms with Crippen molar-refractivity contribution >= 4 is 27.2 Å². The van der Waals surface area contributed by atoms with Crippen molar-refractivity contribution in [3.05, 3.63) is 29.3 Å². The molecule has 1 fully saturated rings. The number of hydrogen-bond donors (Lipinski definition) is 1. The lowest BCUT2D eigenvalue weighted by molar-refractivity contribution is -0.110. The van der Waals surface area contributed by atoms with Gasteiger partial charge in [0, 0.05) is 29.9 Å². The molecule has 1 aromatic carbocycles. The third kappa shape index (κ3) is 2.28. The molecule has 0 spiro atoms. The lowest BCUT2D eigenvalue weighted by Gasteiger charge is -2.16. The van der Waals surface area contributed by atoms with Gasteiger partial charge in [-0.3, -0.25) is 4.79 Å². The first-order valence-corrected chi connectivity index (χ1v) is 8.48. The SMILES string of the molecule is CC(C)=C1C(=O)Nc2ccc(S(=O)(=O)N3CCCC3)cc21. The number of sulfonamides is 1. The summed E-state index contributed by atoms with van der Waals surface area (Å²) < 4.78 is 26.7. The van der Waals surface area contributed by atoms with Crippen LogP contribution in [0.5, 0.6) is 0 Å². The first kappa shape index (κ1) is 14.3. The maximum atomic E-state index is 12.6. The third-order valence-electron chi connectivity index (χ3n) is 3.94. The van der Waals surface area contributed by atoms with Gasteiger partial charge in [-0.2, -0.15) is 4.31 Å². The maximum Gasteiger partial charge on any atom is 0.256 e. The molecule has 1 saturated heterocycles. The fourth-order valence-corrected chi connectivity index (χ4v) is 4.42. The zero-order chi connectivity index (χ0) is 15.2. The fourth-order valence-electron chi connectivity index (χ4n) is 2.88. The standard InChI is InChI=1S/C15H18N2O3S/c1-10(2)14-12-9-11(5-6-13(12)16-15(14)18)21(19,20)17-7-3-4-8-17/h5-6,9H,3-4,7-8H2,1-2H3,(H,16,18). The average Bonchev–Trinajstić information content (AvgIpc) is 3.04. The van der Waals surface area contributed by atoms with E-state index in [0.717, 1.165) is 18.4 Å². The average molecular weight is 306 g/mol. The Morgan fingerprint density at radius 2 is 1.86 bits per heavy atom. The molecule has 5 nitrogen and oxygen atoms in total. The van der Waals surface area contributed by atoms with Gasteiger partial charge in [-0.1, -0.05) is 5.57 Å². The van der Waals surface area contributed by atoms with Gasteiger partial charge in [0.15, 0.2) is 0 Å². The molecular formula is C15H18N2O3S. The summed E-state index contributed by atoms with van der Waals surface area (Å²) in [5.74, 6) is -0.166. The van der Waals surface area contributed by atoms with Crippen LogP contribution in [0.2, 0.25) is 0 Å². The number of carbonyl (C=O) groups excluding carboxylic acids is 1. The summed E-state index contributed by atoms with van der Waals surface area (Å²) in [5, 5.41) is 2.77. The lowest BCUT2D eigenvalue weighted by atomic mass is 10.0. The minimum atomic E-state index is -3.46. The van der Waals surface area contributed by atoms with Crippen molar-refractivity contribution < 1.29 is 13.2 Å². The monoisotopic (exact) mass is 306 g/mol. The van der Waals surface area contributed by atoms with Crippen LogP contribution in [0.4, 0.5) is 5.69 Å². The maximum absolute atomic E-state index is 12.6. The number of nitrogens with one attached hydrogen (secondary N) is 1. The molecule has 1 N–H and O–H groups in total. The molecule has 2 aliphatic rings. The van der Waals surface area contributed by atoms with Gasteiger partial charge in [0.05, 0.1) is 4.90 Å². The van der Waals surface area contributed by atoms with Gasteiger partial charge < -0.3 is 5.32 Å². The predicted octanol–water partition coefficient (Wildman–Crippen LogP) is 2.22. The summed E-state index contributed by atoms with van der Waals surface area (Å²) in [6.45, 7) is 4.86. The predicted molar refractivity (Wildman–Crippen MR) is 81.3 cm³/mol. The topological polar surface area (TPSA) is 66.5 Å². The summed E-state index contributed by atoms with van der Waals surface area (Å²) in [6, 6.07) is 4.86. The number of allylic oxidation sites excluding steroid dienone is 1. The molecule has 112 valence electrons. The van der Waals surface area contributed by atoms with Crippen LogP contribution in [0.3, 0.4) is 0 Å². The van der Waals surface area contributed by atoms with E-state index in [2.05, 4.69) is 5.32 Å². The van der Waals surface area contributed by atoms with Gasteiger partial charge in [-0.05, 0) is 44.9 Å². The molecule has 2 aliphatic heterocycles. The summed E-state index contributed by atoms with van der Waals surface area (Å²) >= 11 is 0. The minimum absolute atomic E-state index is 0.166. The van der Waals surface area contributed by atoms with Crippen LogP contribution in [-0.4, -0.2) is 31.7 Å². The van der Waals surface area contributed by atoms with E-state index in [-0.39, 0.29) is 10.8 Å². The van der Waals surface area contributed by atoms with Gasteiger partial charge in [-0.25, -0.2) is 8.42 Å². The van der Waals surface area contributed by atoms with Crippen LogP contribution in [-0.2, 0) is 14.8 Å². The van der Waals surface area contributed by atoms with Crippen molar-refractivity contribution in [2.75, 3.05) is 18.4 Å². The highest BCUT2D eigenvalue weighted by Crippen LogP contribution is 2.36. The highest BCUT2D eigenvalue weighted by atomic mass is 32.2. The smallest absolute Gasteiger partial charge is 0.256 e. The quantitative estimate of drug-likeness (QED) is 0.852. The number of fused-ring (bicyclic) bond motifs is 1. The summed E-state index contributed by atoms with van der Waals surface area (Å²) in [6.07, 6.45) is 1.81. The molecule has 0 saturated carbocycles. The molecule has 0 aliphatic carbocycles. The molecule has 21 heavy (non-hydrogen) atoms. The van der Waals surface area contributed by atoms with Gasteiger partial charge in [-0.15, -0.1) is 0 Å². The lowest BCUT2D eigenvalue weighted by Crippen LogP contribution is -2.27. The van der Waals surface area contributed by atoms with Gasteiger partial charge >= 0.3 is 0 Å².